The van der Waals surface area contributed by atoms with Gasteiger partial charge in [-0.15, -0.1) is 0 Å². The molecule has 0 spiro atoms. The van der Waals surface area contributed by atoms with Crippen LogP contribution in [0.25, 0.3) is 0 Å². The molecule has 3 aromatic rings. The highest BCUT2D eigenvalue weighted by Gasteiger charge is 2.33. The number of aliphatic carboxylic acids is 1. The number of carbonyl (C=O) groups is 2. The van der Waals surface area contributed by atoms with Crippen molar-refractivity contribution >= 4 is 11.9 Å². The van der Waals surface area contributed by atoms with E-state index in [1.807, 2.05) is 41.3 Å². The first-order valence-corrected chi connectivity index (χ1v) is 11.6. The molecular formula is C27H30N2O5. The standard InChI is InChI=1S/C27H30N2O5/c1-18-6-3-4-7-21(18)17-33-22-11-9-20(10-12-22)15-25(30)29-13-5-8-24(29)26-28-16-23(34-26)14-19(2)27(31)32/h3-4,6-7,9-12,16,19,24H,5,8,13-15,17H2,1-2H3,(H,31,32). The predicted octanol–water partition coefficient (Wildman–Crippen LogP) is 4.73. The van der Waals surface area contributed by atoms with Crippen LogP contribution in [0.5, 0.6) is 5.75 Å². The topological polar surface area (TPSA) is 92.9 Å². The molecule has 2 unspecified atom stereocenters. The predicted molar refractivity (Wildman–Crippen MR) is 126 cm³/mol. The Bertz CT molecular complexity index is 1140. The number of nitrogens with zero attached hydrogens (tertiary/aromatic N) is 2. The van der Waals surface area contributed by atoms with Crippen LogP contribution in [0.3, 0.4) is 0 Å². The normalized spacial score (nSPS) is 16.4. The van der Waals surface area contributed by atoms with E-state index < -0.39 is 11.9 Å². The molecule has 178 valence electrons. The molecule has 2 atom stereocenters. The molecule has 2 aromatic carbocycles. The van der Waals surface area contributed by atoms with Crippen LogP contribution in [0.4, 0.5) is 0 Å². The first kappa shape index (κ1) is 23.5. The van der Waals surface area contributed by atoms with Gasteiger partial charge < -0.3 is 19.2 Å². The van der Waals surface area contributed by atoms with Crippen LogP contribution in [0, 0.1) is 12.8 Å². The van der Waals surface area contributed by atoms with Crippen LogP contribution < -0.4 is 4.74 Å². The molecular weight excluding hydrogens is 432 g/mol. The number of hydrogen-bond donors (Lipinski definition) is 1. The third-order valence-electron chi connectivity index (χ3n) is 6.29. The van der Waals surface area contributed by atoms with Crippen molar-refractivity contribution < 1.29 is 23.8 Å². The second-order valence-corrected chi connectivity index (χ2v) is 8.89. The number of ether oxygens (including phenoxy) is 1. The third-order valence-corrected chi connectivity index (χ3v) is 6.29. The highest BCUT2D eigenvalue weighted by atomic mass is 16.5. The lowest BCUT2D eigenvalue weighted by Gasteiger charge is -2.22. The Morgan fingerprint density at radius 1 is 1.21 bits per heavy atom. The summed E-state index contributed by atoms with van der Waals surface area (Å²) >= 11 is 0. The quantitative estimate of drug-likeness (QED) is 0.494. The van der Waals surface area contributed by atoms with Gasteiger partial charge in [0.2, 0.25) is 11.8 Å². The Balaban J connectivity index is 1.34. The highest BCUT2D eigenvalue weighted by molar-refractivity contribution is 5.79. The summed E-state index contributed by atoms with van der Waals surface area (Å²) in [6.07, 6.45) is 3.81. The van der Waals surface area contributed by atoms with Gasteiger partial charge in [-0.05, 0) is 48.6 Å². The zero-order chi connectivity index (χ0) is 24.1. The molecule has 4 rings (SSSR count). The lowest BCUT2D eigenvalue weighted by Crippen LogP contribution is -2.32. The van der Waals surface area contributed by atoms with E-state index in [1.54, 1.807) is 13.1 Å². The number of oxazole rings is 1. The molecule has 1 N–H and O–H groups in total. The van der Waals surface area contributed by atoms with E-state index in [0.29, 0.717) is 24.8 Å². The van der Waals surface area contributed by atoms with Crippen molar-refractivity contribution in [1.29, 1.82) is 0 Å². The number of rotatable bonds is 9. The minimum absolute atomic E-state index is 0.0229. The van der Waals surface area contributed by atoms with Gasteiger partial charge in [0.15, 0.2) is 0 Å². The molecule has 7 heteroatoms. The fourth-order valence-corrected chi connectivity index (χ4v) is 4.19. The molecule has 0 aliphatic carbocycles. The van der Waals surface area contributed by atoms with E-state index >= 15 is 0 Å². The first-order chi connectivity index (χ1) is 16.4. The Hall–Kier alpha value is -3.61. The van der Waals surface area contributed by atoms with E-state index in [0.717, 1.165) is 29.7 Å². The number of hydrogen-bond acceptors (Lipinski definition) is 5. The first-order valence-electron chi connectivity index (χ1n) is 11.6. The van der Waals surface area contributed by atoms with Crippen molar-refractivity contribution in [3.63, 3.8) is 0 Å². The van der Waals surface area contributed by atoms with Crippen molar-refractivity contribution in [3.8, 4) is 5.75 Å². The lowest BCUT2D eigenvalue weighted by atomic mass is 10.1. The minimum atomic E-state index is -0.873. The monoisotopic (exact) mass is 462 g/mol. The zero-order valence-electron chi connectivity index (χ0n) is 19.6. The van der Waals surface area contributed by atoms with Crippen molar-refractivity contribution in [2.75, 3.05) is 6.54 Å². The molecule has 2 heterocycles. The average molecular weight is 463 g/mol. The number of amides is 1. The molecule has 1 aliphatic rings. The number of aromatic nitrogens is 1. The smallest absolute Gasteiger partial charge is 0.306 e. The van der Waals surface area contributed by atoms with E-state index in [1.165, 1.54) is 5.56 Å². The number of benzene rings is 2. The van der Waals surface area contributed by atoms with Crippen LogP contribution in [-0.2, 0) is 29.0 Å². The fourth-order valence-electron chi connectivity index (χ4n) is 4.19. The maximum atomic E-state index is 13.1. The van der Waals surface area contributed by atoms with Gasteiger partial charge >= 0.3 is 5.97 Å². The summed E-state index contributed by atoms with van der Waals surface area (Å²) < 4.78 is 11.7. The van der Waals surface area contributed by atoms with E-state index in [9.17, 15) is 9.59 Å². The van der Waals surface area contributed by atoms with Gasteiger partial charge in [0.1, 0.15) is 24.2 Å². The van der Waals surface area contributed by atoms with Gasteiger partial charge in [-0.1, -0.05) is 43.3 Å². The van der Waals surface area contributed by atoms with E-state index in [4.69, 9.17) is 14.3 Å². The largest absolute Gasteiger partial charge is 0.489 e. The number of carboxylic acids is 1. The summed E-state index contributed by atoms with van der Waals surface area (Å²) in [5.41, 5.74) is 3.26. The summed E-state index contributed by atoms with van der Waals surface area (Å²) in [7, 11) is 0. The summed E-state index contributed by atoms with van der Waals surface area (Å²) in [5.74, 6) is 0.382. The molecule has 1 saturated heterocycles. The molecule has 7 nitrogen and oxygen atoms in total. The number of aryl methyl sites for hydroxylation is 1. The van der Waals surface area contributed by atoms with Crippen molar-refractivity contribution in [2.24, 2.45) is 5.92 Å². The minimum Gasteiger partial charge on any atom is -0.489 e. The van der Waals surface area contributed by atoms with Gasteiger partial charge in [0.25, 0.3) is 0 Å². The molecule has 1 amide bonds. The molecule has 0 bridgehead atoms. The van der Waals surface area contributed by atoms with Crippen LogP contribution in [-0.4, -0.2) is 33.4 Å². The maximum absolute atomic E-state index is 13.1. The number of likely N-dealkylation sites (tertiary alicyclic amines) is 1. The summed E-state index contributed by atoms with van der Waals surface area (Å²) in [6, 6.07) is 15.6. The Morgan fingerprint density at radius 3 is 2.71 bits per heavy atom. The summed E-state index contributed by atoms with van der Waals surface area (Å²) in [5, 5.41) is 9.10. The Kier molecular flexibility index (Phi) is 7.30. The second-order valence-electron chi connectivity index (χ2n) is 8.89. The second kappa shape index (κ2) is 10.5. The lowest BCUT2D eigenvalue weighted by molar-refractivity contribution is -0.141. The van der Waals surface area contributed by atoms with Crippen molar-refractivity contribution in [3.05, 3.63) is 83.1 Å². The van der Waals surface area contributed by atoms with E-state index in [2.05, 4.69) is 24.0 Å². The molecule has 0 saturated carbocycles. The highest BCUT2D eigenvalue weighted by Crippen LogP contribution is 2.32. The van der Waals surface area contributed by atoms with Crippen molar-refractivity contribution in [2.45, 2.75) is 52.2 Å². The van der Waals surface area contributed by atoms with E-state index in [-0.39, 0.29) is 24.8 Å². The van der Waals surface area contributed by atoms with Gasteiger partial charge in [0.05, 0.1) is 18.5 Å². The van der Waals surface area contributed by atoms with Gasteiger partial charge in [0, 0.05) is 13.0 Å². The SMILES string of the molecule is Cc1ccccc1COc1ccc(CC(=O)N2CCCC2c2ncc(CC(C)C(=O)O)o2)cc1. The summed E-state index contributed by atoms with van der Waals surface area (Å²) in [4.78, 5) is 30.3. The maximum Gasteiger partial charge on any atom is 0.306 e. The molecule has 1 fully saturated rings. The number of carbonyl (C=O) groups excluding carboxylic acids is 1. The molecule has 1 aliphatic heterocycles. The average Bonchev–Trinajstić information content (AvgIpc) is 3.49. The van der Waals surface area contributed by atoms with Crippen LogP contribution in [0.1, 0.15) is 54.1 Å². The summed E-state index contributed by atoms with van der Waals surface area (Å²) in [6.45, 7) is 4.86. The van der Waals surface area contributed by atoms with Gasteiger partial charge in [-0.25, -0.2) is 4.98 Å². The number of carboxylic acid groups (broad SMARTS) is 1. The Morgan fingerprint density at radius 2 is 1.97 bits per heavy atom. The molecule has 34 heavy (non-hydrogen) atoms. The third kappa shape index (κ3) is 5.65. The van der Waals surface area contributed by atoms with Crippen LogP contribution >= 0.6 is 0 Å². The van der Waals surface area contributed by atoms with Gasteiger partial charge in [-0.2, -0.15) is 0 Å². The Labute approximate surface area is 199 Å². The van der Waals surface area contributed by atoms with Crippen LogP contribution in [0.2, 0.25) is 0 Å². The van der Waals surface area contributed by atoms with Gasteiger partial charge in [-0.3, -0.25) is 9.59 Å². The molecule has 0 radical (unpaired) electrons. The van der Waals surface area contributed by atoms with Crippen LogP contribution in [0.15, 0.2) is 59.1 Å². The molecule has 1 aromatic heterocycles. The fraction of sp³-hybridized carbons (Fsp3) is 0.370. The van der Waals surface area contributed by atoms with Crippen molar-refractivity contribution in [1.82, 2.24) is 9.88 Å². The zero-order valence-corrected chi connectivity index (χ0v) is 19.6.